The lowest BCUT2D eigenvalue weighted by Crippen LogP contribution is -2.47. The first kappa shape index (κ1) is 21.7. The number of ether oxygens (including phenoxy) is 3. The van der Waals surface area contributed by atoms with E-state index in [0.29, 0.717) is 11.5 Å². The van der Waals surface area contributed by atoms with Gasteiger partial charge in [0.05, 0.1) is 31.2 Å². The van der Waals surface area contributed by atoms with Gasteiger partial charge in [0.15, 0.2) is 0 Å². The second kappa shape index (κ2) is 10.1. The van der Waals surface area contributed by atoms with Crippen molar-refractivity contribution in [1.82, 2.24) is 10.6 Å². The first-order valence-corrected chi connectivity index (χ1v) is 9.51. The summed E-state index contributed by atoms with van der Waals surface area (Å²) >= 11 is 0. The predicted octanol–water partition coefficient (Wildman–Crippen LogP) is 2.72. The fourth-order valence-corrected chi connectivity index (χ4v) is 2.92. The van der Waals surface area contributed by atoms with E-state index in [-0.39, 0.29) is 24.5 Å². The molecule has 0 radical (unpaired) electrons. The van der Waals surface area contributed by atoms with E-state index in [1.807, 2.05) is 0 Å². The molecule has 1 unspecified atom stereocenters. The topological polar surface area (TPSA) is 116 Å². The van der Waals surface area contributed by atoms with Crippen LogP contribution in [-0.2, 0) is 19.1 Å². The number of methoxy groups -OCH3 is 1. The lowest BCUT2D eigenvalue weighted by molar-refractivity contribution is -0.140. The maximum atomic E-state index is 12.6. The van der Waals surface area contributed by atoms with Crippen LogP contribution in [0.15, 0.2) is 64.4 Å². The summed E-state index contributed by atoms with van der Waals surface area (Å²) < 4.78 is 20.8. The smallest absolute Gasteiger partial charge is 0.338 e. The van der Waals surface area contributed by atoms with Crippen molar-refractivity contribution in [3.05, 3.63) is 71.3 Å². The number of hydrogen-bond acceptors (Lipinski definition) is 7. The molecule has 0 saturated heterocycles. The summed E-state index contributed by atoms with van der Waals surface area (Å²) in [6, 6.07) is 8.92. The Hall–Kier alpha value is -4.01. The number of benzene rings is 1. The molecule has 2 heterocycles. The van der Waals surface area contributed by atoms with Gasteiger partial charge >= 0.3 is 18.0 Å². The highest BCUT2D eigenvalue weighted by atomic mass is 16.5. The summed E-state index contributed by atoms with van der Waals surface area (Å²) in [5.74, 6) is -0.253. The lowest BCUT2D eigenvalue weighted by atomic mass is 10.0. The Kier molecular flexibility index (Phi) is 7.10. The molecule has 0 saturated carbocycles. The molecule has 1 atom stereocenters. The summed E-state index contributed by atoms with van der Waals surface area (Å²) in [6.07, 6.45) is 4.25. The number of amides is 2. The summed E-state index contributed by atoms with van der Waals surface area (Å²) in [5, 5.41) is 5.13. The molecule has 1 aromatic heterocycles. The fourth-order valence-electron chi connectivity index (χ4n) is 2.92. The van der Waals surface area contributed by atoms with Crippen LogP contribution in [0.5, 0.6) is 5.75 Å². The number of carbonyl (C=O) groups excluding carboxylic acids is 3. The van der Waals surface area contributed by atoms with Gasteiger partial charge in [-0.25, -0.2) is 14.4 Å². The molecule has 31 heavy (non-hydrogen) atoms. The molecule has 2 amide bonds. The van der Waals surface area contributed by atoms with E-state index in [0.717, 1.165) is 5.56 Å². The predicted molar refractivity (Wildman–Crippen MR) is 110 cm³/mol. The molecule has 3 rings (SSSR count). The molecule has 1 aromatic carbocycles. The van der Waals surface area contributed by atoms with E-state index in [1.54, 1.807) is 56.5 Å². The molecule has 1 aliphatic rings. The summed E-state index contributed by atoms with van der Waals surface area (Å²) in [7, 11) is 1.57. The zero-order chi connectivity index (χ0) is 22.2. The number of esters is 2. The molecule has 9 nitrogen and oxygen atoms in total. The van der Waals surface area contributed by atoms with E-state index in [4.69, 9.17) is 18.6 Å². The van der Waals surface area contributed by atoms with Gasteiger partial charge in [-0.15, -0.1) is 0 Å². The van der Waals surface area contributed by atoms with Crippen molar-refractivity contribution in [3.63, 3.8) is 0 Å². The third kappa shape index (κ3) is 5.53. The molecular formula is C22H22N2O7. The maximum Gasteiger partial charge on any atom is 0.338 e. The van der Waals surface area contributed by atoms with Gasteiger partial charge in [-0.2, -0.15) is 0 Å². The highest BCUT2D eigenvalue weighted by Crippen LogP contribution is 2.28. The standard InChI is InChI=1S/C22H22N2O7/c1-3-29-21(26)19-16(23-22(27)24-20(19)17-5-4-12-30-17)13-31-18(25)11-8-14-6-9-15(28-2)10-7-14/h4-12,20H,3,13H2,1-2H3,(H2,23,24,27)/b11-8+. The monoisotopic (exact) mass is 426 g/mol. The average Bonchev–Trinajstić information content (AvgIpc) is 3.31. The zero-order valence-corrected chi connectivity index (χ0v) is 17.0. The van der Waals surface area contributed by atoms with Crippen molar-refractivity contribution in [2.75, 3.05) is 20.3 Å². The summed E-state index contributed by atoms with van der Waals surface area (Å²) in [4.78, 5) is 36.8. The van der Waals surface area contributed by atoms with Crippen LogP contribution < -0.4 is 15.4 Å². The van der Waals surface area contributed by atoms with Crippen LogP contribution >= 0.6 is 0 Å². The number of nitrogens with one attached hydrogen (secondary N) is 2. The molecule has 0 spiro atoms. The first-order valence-electron chi connectivity index (χ1n) is 9.51. The number of hydrogen-bond donors (Lipinski definition) is 2. The molecule has 0 fully saturated rings. The zero-order valence-electron chi connectivity index (χ0n) is 17.0. The average molecular weight is 426 g/mol. The quantitative estimate of drug-likeness (QED) is 0.492. The Bertz CT molecular complexity index is 991. The molecule has 9 heteroatoms. The van der Waals surface area contributed by atoms with Gasteiger partial charge in [0.1, 0.15) is 24.2 Å². The Morgan fingerprint density at radius 3 is 2.58 bits per heavy atom. The van der Waals surface area contributed by atoms with Gasteiger partial charge in [0, 0.05) is 6.08 Å². The Morgan fingerprint density at radius 1 is 1.16 bits per heavy atom. The molecular weight excluding hydrogens is 404 g/mol. The SMILES string of the molecule is CCOC(=O)C1=C(COC(=O)/C=C/c2ccc(OC)cc2)NC(=O)NC1c1ccco1. The third-order valence-corrected chi connectivity index (χ3v) is 4.36. The number of carbonyl (C=O) groups is 3. The molecule has 162 valence electrons. The summed E-state index contributed by atoms with van der Waals surface area (Å²) in [5.41, 5.74) is 0.996. The van der Waals surface area contributed by atoms with Crippen LogP contribution in [0.25, 0.3) is 6.08 Å². The van der Waals surface area contributed by atoms with Gasteiger partial charge in [-0.05, 0) is 42.8 Å². The van der Waals surface area contributed by atoms with Crippen LogP contribution in [0.2, 0.25) is 0 Å². The second-order valence-corrected chi connectivity index (χ2v) is 6.37. The van der Waals surface area contributed by atoms with E-state index in [2.05, 4.69) is 10.6 Å². The van der Waals surface area contributed by atoms with Gasteiger partial charge < -0.3 is 29.3 Å². The van der Waals surface area contributed by atoms with Crippen molar-refractivity contribution < 1.29 is 33.0 Å². The molecule has 2 aromatic rings. The maximum absolute atomic E-state index is 12.6. The first-order chi connectivity index (χ1) is 15.0. The number of furan rings is 1. The van der Waals surface area contributed by atoms with Crippen molar-refractivity contribution in [3.8, 4) is 5.75 Å². The van der Waals surface area contributed by atoms with E-state index < -0.39 is 24.0 Å². The summed E-state index contributed by atoms with van der Waals surface area (Å²) in [6.45, 7) is 1.47. The Balaban J connectivity index is 1.75. The van der Waals surface area contributed by atoms with Crippen molar-refractivity contribution in [1.29, 1.82) is 0 Å². The van der Waals surface area contributed by atoms with Crippen LogP contribution in [0, 0.1) is 0 Å². The highest BCUT2D eigenvalue weighted by Gasteiger charge is 2.35. The molecule has 1 aliphatic heterocycles. The fraction of sp³-hybridized carbons (Fsp3) is 0.227. The Morgan fingerprint density at radius 2 is 1.94 bits per heavy atom. The van der Waals surface area contributed by atoms with Crippen LogP contribution in [0.4, 0.5) is 4.79 Å². The Labute approximate surface area is 178 Å². The second-order valence-electron chi connectivity index (χ2n) is 6.37. The largest absolute Gasteiger partial charge is 0.497 e. The van der Waals surface area contributed by atoms with Gasteiger partial charge in [0.2, 0.25) is 0 Å². The molecule has 2 N–H and O–H groups in total. The van der Waals surface area contributed by atoms with Crippen LogP contribution in [-0.4, -0.2) is 38.3 Å². The van der Waals surface area contributed by atoms with Crippen LogP contribution in [0.3, 0.4) is 0 Å². The molecule has 0 bridgehead atoms. The minimum atomic E-state index is -0.869. The minimum Gasteiger partial charge on any atom is -0.497 e. The van der Waals surface area contributed by atoms with Gasteiger partial charge in [-0.3, -0.25) is 0 Å². The van der Waals surface area contributed by atoms with Crippen LogP contribution in [0.1, 0.15) is 24.3 Å². The van der Waals surface area contributed by atoms with Crippen molar-refractivity contribution in [2.45, 2.75) is 13.0 Å². The third-order valence-electron chi connectivity index (χ3n) is 4.36. The minimum absolute atomic E-state index is 0.100. The lowest BCUT2D eigenvalue weighted by Gasteiger charge is -2.27. The number of rotatable bonds is 8. The number of urea groups is 1. The molecule has 0 aliphatic carbocycles. The van der Waals surface area contributed by atoms with Crippen molar-refractivity contribution in [2.24, 2.45) is 0 Å². The van der Waals surface area contributed by atoms with Gasteiger partial charge in [-0.1, -0.05) is 12.1 Å². The normalized spacial score (nSPS) is 15.9. The van der Waals surface area contributed by atoms with E-state index >= 15 is 0 Å². The van der Waals surface area contributed by atoms with Crippen molar-refractivity contribution >= 4 is 24.0 Å². The highest BCUT2D eigenvalue weighted by molar-refractivity contribution is 5.95. The van der Waals surface area contributed by atoms with E-state index in [1.165, 1.54) is 12.3 Å². The van der Waals surface area contributed by atoms with E-state index in [9.17, 15) is 14.4 Å². The van der Waals surface area contributed by atoms with Gasteiger partial charge in [0.25, 0.3) is 0 Å².